The molecule has 2 N–H and O–H groups in total. The molecule has 100 valence electrons. The van der Waals surface area contributed by atoms with Crippen LogP contribution < -0.4 is 5.32 Å². The van der Waals surface area contributed by atoms with Gasteiger partial charge in [0.15, 0.2) is 5.82 Å². The largest absolute Gasteiger partial charge is 0.393 e. The fourth-order valence-electron chi connectivity index (χ4n) is 2.09. The predicted octanol–water partition coefficient (Wildman–Crippen LogP) is 0.767. The zero-order valence-corrected chi connectivity index (χ0v) is 10.7. The molecule has 2 rings (SSSR count). The second kappa shape index (κ2) is 5.49. The Bertz CT molecular complexity index is 410. The summed E-state index contributed by atoms with van der Waals surface area (Å²) in [4.78, 5) is 14.1. The van der Waals surface area contributed by atoms with E-state index in [0.29, 0.717) is 11.6 Å². The molecule has 0 bridgehead atoms. The SMILES string of the molecule is Cc1cc(NC(=O)[C@@H](C)N2CCC(O)CC2)no1. The monoisotopic (exact) mass is 253 g/mol. The van der Waals surface area contributed by atoms with Crippen molar-refractivity contribution in [2.45, 2.75) is 38.8 Å². The summed E-state index contributed by atoms with van der Waals surface area (Å²) in [5, 5.41) is 15.9. The van der Waals surface area contributed by atoms with Gasteiger partial charge < -0.3 is 14.9 Å². The number of piperidine rings is 1. The van der Waals surface area contributed by atoms with Gasteiger partial charge in [-0.1, -0.05) is 5.16 Å². The van der Waals surface area contributed by atoms with Crippen LogP contribution in [0.1, 0.15) is 25.5 Å². The van der Waals surface area contributed by atoms with E-state index < -0.39 is 0 Å². The first-order valence-corrected chi connectivity index (χ1v) is 6.22. The number of aliphatic hydroxyl groups is 1. The lowest BCUT2D eigenvalue weighted by Crippen LogP contribution is -2.47. The number of carbonyl (C=O) groups excluding carboxylic acids is 1. The van der Waals surface area contributed by atoms with Crippen LogP contribution >= 0.6 is 0 Å². The Morgan fingerprint density at radius 3 is 2.83 bits per heavy atom. The first kappa shape index (κ1) is 13.0. The van der Waals surface area contributed by atoms with Gasteiger partial charge in [0.25, 0.3) is 0 Å². The average Bonchev–Trinajstić information content (AvgIpc) is 2.75. The number of aliphatic hydroxyl groups excluding tert-OH is 1. The van der Waals surface area contributed by atoms with Crippen LogP contribution in [0.4, 0.5) is 5.82 Å². The summed E-state index contributed by atoms with van der Waals surface area (Å²) < 4.78 is 4.89. The number of anilines is 1. The number of hydrogen-bond acceptors (Lipinski definition) is 5. The van der Waals surface area contributed by atoms with Crippen LogP contribution in [0.3, 0.4) is 0 Å². The number of aryl methyl sites for hydroxylation is 1. The molecule has 1 aliphatic rings. The van der Waals surface area contributed by atoms with E-state index in [0.717, 1.165) is 25.9 Å². The number of likely N-dealkylation sites (tertiary alicyclic amines) is 1. The lowest BCUT2D eigenvalue weighted by Gasteiger charge is -2.33. The van der Waals surface area contributed by atoms with Crippen molar-refractivity contribution in [3.8, 4) is 0 Å². The number of aromatic nitrogens is 1. The number of amides is 1. The Balaban J connectivity index is 1.88. The Morgan fingerprint density at radius 2 is 2.28 bits per heavy atom. The summed E-state index contributed by atoms with van der Waals surface area (Å²) in [6, 6.07) is 1.46. The van der Waals surface area contributed by atoms with Gasteiger partial charge in [-0.15, -0.1) is 0 Å². The number of rotatable bonds is 3. The van der Waals surface area contributed by atoms with Crippen molar-refractivity contribution < 1.29 is 14.4 Å². The molecule has 1 aliphatic heterocycles. The minimum Gasteiger partial charge on any atom is -0.393 e. The summed E-state index contributed by atoms with van der Waals surface area (Å²) in [6.45, 7) is 5.12. The maximum atomic E-state index is 12.0. The molecule has 6 nitrogen and oxygen atoms in total. The summed E-state index contributed by atoms with van der Waals surface area (Å²) in [7, 11) is 0. The van der Waals surface area contributed by atoms with Gasteiger partial charge >= 0.3 is 0 Å². The summed E-state index contributed by atoms with van der Waals surface area (Å²) in [6.07, 6.45) is 1.22. The smallest absolute Gasteiger partial charge is 0.242 e. The van der Waals surface area contributed by atoms with Crippen LogP contribution in [0.25, 0.3) is 0 Å². The third kappa shape index (κ3) is 3.08. The molecule has 1 amide bonds. The first-order chi connectivity index (χ1) is 8.56. The molecule has 0 spiro atoms. The number of nitrogens with zero attached hydrogens (tertiary/aromatic N) is 2. The van der Waals surface area contributed by atoms with Crippen molar-refractivity contribution in [3.05, 3.63) is 11.8 Å². The van der Waals surface area contributed by atoms with Gasteiger partial charge in [-0.2, -0.15) is 0 Å². The van der Waals surface area contributed by atoms with Crippen LogP contribution in [0.2, 0.25) is 0 Å². The van der Waals surface area contributed by atoms with Gasteiger partial charge in [0.1, 0.15) is 5.76 Å². The van der Waals surface area contributed by atoms with E-state index in [4.69, 9.17) is 4.52 Å². The van der Waals surface area contributed by atoms with Gasteiger partial charge in [-0.3, -0.25) is 9.69 Å². The number of nitrogens with one attached hydrogen (secondary N) is 1. The highest BCUT2D eigenvalue weighted by molar-refractivity contribution is 5.93. The van der Waals surface area contributed by atoms with E-state index in [-0.39, 0.29) is 18.1 Å². The normalized spacial score (nSPS) is 19.7. The third-order valence-corrected chi connectivity index (χ3v) is 3.31. The molecule has 0 aliphatic carbocycles. The molecule has 1 aromatic heterocycles. The molecule has 2 heterocycles. The summed E-state index contributed by atoms with van der Waals surface area (Å²) in [5.74, 6) is 1.01. The standard InChI is InChI=1S/C12H19N3O3/c1-8-7-11(14-18-8)13-12(17)9(2)15-5-3-10(16)4-6-15/h7,9-10,16H,3-6H2,1-2H3,(H,13,14,17)/t9-/m1/s1. The Morgan fingerprint density at radius 1 is 1.61 bits per heavy atom. The Kier molecular flexibility index (Phi) is 3.98. The van der Waals surface area contributed by atoms with Gasteiger partial charge in [0, 0.05) is 19.2 Å². The lowest BCUT2D eigenvalue weighted by molar-refractivity contribution is -0.121. The topological polar surface area (TPSA) is 78.6 Å². The Labute approximate surface area is 106 Å². The molecule has 1 aromatic rings. The van der Waals surface area contributed by atoms with Gasteiger partial charge in [-0.25, -0.2) is 0 Å². The molecule has 0 saturated carbocycles. The van der Waals surface area contributed by atoms with Crippen molar-refractivity contribution in [3.63, 3.8) is 0 Å². The van der Waals surface area contributed by atoms with Crippen LogP contribution in [0.15, 0.2) is 10.6 Å². The van der Waals surface area contributed by atoms with Crippen LogP contribution in [0.5, 0.6) is 0 Å². The van der Waals surface area contributed by atoms with Crippen molar-refractivity contribution in [1.29, 1.82) is 0 Å². The van der Waals surface area contributed by atoms with Crippen LogP contribution in [0, 0.1) is 6.92 Å². The fraction of sp³-hybridized carbons (Fsp3) is 0.667. The maximum Gasteiger partial charge on any atom is 0.242 e. The van der Waals surface area contributed by atoms with Gasteiger partial charge in [-0.05, 0) is 26.7 Å². The molecule has 0 aromatic carbocycles. The molecule has 1 saturated heterocycles. The highest BCUT2D eigenvalue weighted by Gasteiger charge is 2.26. The van der Waals surface area contributed by atoms with Gasteiger partial charge in [0.05, 0.1) is 12.1 Å². The average molecular weight is 253 g/mol. The van der Waals surface area contributed by atoms with E-state index in [1.807, 2.05) is 6.92 Å². The third-order valence-electron chi connectivity index (χ3n) is 3.31. The first-order valence-electron chi connectivity index (χ1n) is 6.22. The molecule has 1 atom stereocenters. The second-order valence-corrected chi connectivity index (χ2v) is 4.76. The molecule has 0 unspecified atom stereocenters. The molecule has 0 radical (unpaired) electrons. The summed E-state index contributed by atoms with van der Waals surface area (Å²) >= 11 is 0. The van der Waals surface area contributed by atoms with Crippen LogP contribution in [-0.4, -0.2) is 46.3 Å². The molecular weight excluding hydrogens is 234 g/mol. The highest BCUT2D eigenvalue weighted by atomic mass is 16.5. The molecule has 1 fully saturated rings. The number of hydrogen-bond donors (Lipinski definition) is 2. The quantitative estimate of drug-likeness (QED) is 0.831. The number of carbonyl (C=O) groups is 1. The van der Waals surface area contributed by atoms with Crippen molar-refractivity contribution in [2.24, 2.45) is 0 Å². The molecule has 18 heavy (non-hydrogen) atoms. The minimum absolute atomic E-state index is 0.0975. The van der Waals surface area contributed by atoms with E-state index in [1.54, 1.807) is 13.0 Å². The van der Waals surface area contributed by atoms with Gasteiger partial charge in [0.2, 0.25) is 5.91 Å². The second-order valence-electron chi connectivity index (χ2n) is 4.76. The zero-order valence-electron chi connectivity index (χ0n) is 10.7. The summed E-state index contributed by atoms with van der Waals surface area (Å²) in [5.41, 5.74) is 0. The van der Waals surface area contributed by atoms with Crippen molar-refractivity contribution >= 4 is 11.7 Å². The van der Waals surface area contributed by atoms with E-state index in [9.17, 15) is 9.90 Å². The Hall–Kier alpha value is -1.40. The van der Waals surface area contributed by atoms with E-state index in [1.165, 1.54) is 0 Å². The van der Waals surface area contributed by atoms with E-state index in [2.05, 4.69) is 15.4 Å². The predicted molar refractivity (Wildman–Crippen MR) is 66.1 cm³/mol. The van der Waals surface area contributed by atoms with Crippen molar-refractivity contribution in [2.75, 3.05) is 18.4 Å². The van der Waals surface area contributed by atoms with E-state index >= 15 is 0 Å². The molecule has 6 heteroatoms. The van der Waals surface area contributed by atoms with Crippen LogP contribution in [-0.2, 0) is 4.79 Å². The highest BCUT2D eigenvalue weighted by Crippen LogP contribution is 2.14. The van der Waals surface area contributed by atoms with Crippen molar-refractivity contribution in [1.82, 2.24) is 10.1 Å². The fourth-order valence-corrected chi connectivity index (χ4v) is 2.09. The lowest BCUT2D eigenvalue weighted by atomic mass is 10.1. The molecular formula is C12H19N3O3. The zero-order chi connectivity index (χ0) is 13.1. The minimum atomic E-state index is -0.227. The maximum absolute atomic E-state index is 12.0.